The maximum atomic E-state index is 11.6. The van der Waals surface area contributed by atoms with Crippen molar-refractivity contribution in [2.75, 3.05) is 13.2 Å². The Balaban J connectivity index is 2.41. The van der Waals surface area contributed by atoms with E-state index in [1.165, 1.54) is 0 Å². The average Bonchev–Trinajstić information content (AvgIpc) is 2.47. The molecule has 0 spiro atoms. The summed E-state index contributed by atoms with van der Waals surface area (Å²) >= 11 is 0. The zero-order valence-electron chi connectivity index (χ0n) is 18.0. The molecule has 0 heterocycles. The van der Waals surface area contributed by atoms with Crippen molar-refractivity contribution in [2.24, 2.45) is 16.7 Å². The Hall–Kier alpha value is -0.203. The van der Waals surface area contributed by atoms with Gasteiger partial charge in [-0.1, -0.05) is 54.0 Å². The smallest absolute Gasteiger partial charge is 0.192 e. The molecule has 5 heteroatoms. The summed E-state index contributed by atoms with van der Waals surface area (Å²) in [5.41, 5.74) is -1.35. The SMILES string of the molecule is CC1(C)CCC[C@@]2(C)[C@H]1[C@H](O)C=C(CO[Si](C)(C)C(C)(C)C)[C@]2(O)CO. The lowest BCUT2D eigenvalue weighted by atomic mass is 9.46. The number of aliphatic hydroxyl groups is 3. The van der Waals surface area contributed by atoms with Crippen LogP contribution in [-0.4, -0.2) is 48.6 Å². The van der Waals surface area contributed by atoms with Gasteiger partial charge in [0.1, 0.15) is 5.60 Å². The highest BCUT2D eigenvalue weighted by Crippen LogP contribution is 2.61. The normalized spacial score (nSPS) is 37.9. The lowest BCUT2D eigenvalue weighted by Gasteiger charge is -2.61. The topological polar surface area (TPSA) is 69.9 Å². The number of hydrogen-bond donors (Lipinski definition) is 3. The zero-order valence-corrected chi connectivity index (χ0v) is 19.0. The van der Waals surface area contributed by atoms with Crippen LogP contribution in [0.4, 0.5) is 0 Å². The van der Waals surface area contributed by atoms with Gasteiger partial charge in [-0.05, 0) is 42.0 Å². The molecule has 1 fully saturated rings. The molecule has 0 aromatic carbocycles. The monoisotopic (exact) mass is 384 g/mol. The van der Waals surface area contributed by atoms with Crippen LogP contribution in [0.25, 0.3) is 0 Å². The van der Waals surface area contributed by atoms with E-state index in [0.717, 1.165) is 19.3 Å². The van der Waals surface area contributed by atoms with E-state index >= 15 is 0 Å². The van der Waals surface area contributed by atoms with Crippen LogP contribution in [0.2, 0.25) is 18.1 Å². The van der Waals surface area contributed by atoms with Crippen molar-refractivity contribution in [3.63, 3.8) is 0 Å². The molecule has 4 atom stereocenters. The Bertz CT molecular complexity index is 563. The van der Waals surface area contributed by atoms with Crippen LogP contribution in [0.5, 0.6) is 0 Å². The summed E-state index contributed by atoms with van der Waals surface area (Å²) in [6, 6.07) is 0. The van der Waals surface area contributed by atoms with E-state index in [9.17, 15) is 15.3 Å². The van der Waals surface area contributed by atoms with E-state index in [4.69, 9.17) is 4.43 Å². The van der Waals surface area contributed by atoms with Crippen LogP contribution >= 0.6 is 0 Å². The fraction of sp³-hybridized carbons (Fsp3) is 0.905. The minimum absolute atomic E-state index is 0.0669. The Morgan fingerprint density at radius 1 is 1.19 bits per heavy atom. The van der Waals surface area contributed by atoms with Gasteiger partial charge in [0.05, 0.1) is 19.3 Å². The van der Waals surface area contributed by atoms with Gasteiger partial charge in [0.25, 0.3) is 0 Å². The molecule has 0 aliphatic heterocycles. The van der Waals surface area contributed by atoms with Crippen LogP contribution in [0.3, 0.4) is 0 Å². The molecular formula is C21H40O4Si. The van der Waals surface area contributed by atoms with E-state index in [-0.39, 0.29) is 29.6 Å². The molecule has 0 bridgehead atoms. The first-order chi connectivity index (χ1) is 11.6. The lowest BCUT2D eigenvalue weighted by Crippen LogP contribution is -2.65. The van der Waals surface area contributed by atoms with Gasteiger partial charge in [-0.2, -0.15) is 0 Å². The van der Waals surface area contributed by atoms with Gasteiger partial charge in [-0.3, -0.25) is 0 Å². The van der Waals surface area contributed by atoms with E-state index in [2.05, 4.69) is 47.7 Å². The van der Waals surface area contributed by atoms with Crippen molar-refractivity contribution >= 4 is 8.32 Å². The highest BCUT2D eigenvalue weighted by molar-refractivity contribution is 6.74. The van der Waals surface area contributed by atoms with Crippen molar-refractivity contribution in [2.45, 2.75) is 90.6 Å². The molecule has 0 radical (unpaired) electrons. The molecule has 0 aromatic rings. The third-order valence-corrected chi connectivity index (χ3v) is 12.3. The van der Waals surface area contributed by atoms with Crippen LogP contribution in [-0.2, 0) is 4.43 Å². The summed E-state index contributed by atoms with van der Waals surface area (Å²) in [5.74, 6) is -0.0856. The molecule has 2 aliphatic carbocycles. The first-order valence-corrected chi connectivity index (χ1v) is 12.9. The lowest BCUT2D eigenvalue weighted by molar-refractivity contribution is -0.188. The molecule has 152 valence electrons. The van der Waals surface area contributed by atoms with Gasteiger partial charge in [0, 0.05) is 11.3 Å². The number of rotatable bonds is 4. The molecule has 2 aliphatic rings. The van der Waals surface area contributed by atoms with Crippen molar-refractivity contribution in [1.29, 1.82) is 0 Å². The minimum atomic E-state index is -2.00. The Morgan fingerprint density at radius 2 is 1.77 bits per heavy atom. The largest absolute Gasteiger partial charge is 0.413 e. The summed E-state index contributed by atoms with van der Waals surface area (Å²) < 4.78 is 6.34. The van der Waals surface area contributed by atoms with Gasteiger partial charge in [-0.15, -0.1) is 0 Å². The molecular weight excluding hydrogens is 344 g/mol. The van der Waals surface area contributed by atoms with Gasteiger partial charge in [0.2, 0.25) is 0 Å². The van der Waals surface area contributed by atoms with Crippen molar-refractivity contribution in [1.82, 2.24) is 0 Å². The minimum Gasteiger partial charge on any atom is -0.413 e. The average molecular weight is 385 g/mol. The first kappa shape index (κ1) is 22.1. The fourth-order valence-corrected chi connectivity index (χ4v) is 6.07. The fourth-order valence-electron chi connectivity index (χ4n) is 5.12. The zero-order chi connectivity index (χ0) is 20.2. The van der Waals surface area contributed by atoms with E-state index < -0.39 is 25.4 Å². The van der Waals surface area contributed by atoms with Crippen LogP contribution in [0.15, 0.2) is 11.6 Å². The van der Waals surface area contributed by atoms with Gasteiger partial charge < -0.3 is 19.7 Å². The highest BCUT2D eigenvalue weighted by Gasteiger charge is 2.62. The number of aliphatic hydroxyl groups excluding tert-OH is 2. The Labute approximate surface area is 160 Å². The Kier molecular flexibility index (Phi) is 5.69. The van der Waals surface area contributed by atoms with E-state index in [1.807, 2.05) is 6.92 Å². The van der Waals surface area contributed by atoms with Crippen LogP contribution in [0.1, 0.15) is 60.8 Å². The van der Waals surface area contributed by atoms with Gasteiger partial charge in [0.15, 0.2) is 8.32 Å². The molecule has 0 saturated heterocycles. The summed E-state index contributed by atoms with van der Waals surface area (Å²) in [7, 11) is -2.00. The molecule has 3 N–H and O–H groups in total. The van der Waals surface area contributed by atoms with Crippen molar-refractivity contribution in [3.8, 4) is 0 Å². The van der Waals surface area contributed by atoms with Crippen molar-refractivity contribution < 1.29 is 19.7 Å². The molecule has 0 unspecified atom stereocenters. The van der Waals surface area contributed by atoms with Crippen LogP contribution < -0.4 is 0 Å². The molecule has 26 heavy (non-hydrogen) atoms. The predicted molar refractivity (Wildman–Crippen MR) is 109 cm³/mol. The van der Waals surface area contributed by atoms with E-state index in [1.54, 1.807) is 6.08 Å². The maximum absolute atomic E-state index is 11.6. The molecule has 4 nitrogen and oxygen atoms in total. The predicted octanol–water partition coefficient (Wildman–Crippen LogP) is 3.87. The second-order valence-corrected chi connectivity index (χ2v) is 15.8. The standard InChI is InChI=1S/C21H40O4Si/c1-18(2,3)26(7,8)25-13-15-12-16(23)17-19(4,5)10-9-11-20(17,6)21(15,24)14-22/h12,16-17,22-24H,9-11,13-14H2,1-8H3/t16-,17+,20+,21-/m1/s1. The second kappa shape index (κ2) is 6.70. The third kappa shape index (κ3) is 3.35. The number of fused-ring (bicyclic) bond motifs is 1. The molecule has 1 saturated carbocycles. The third-order valence-electron chi connectivity index (χ3n) is 7.86. The summed E-state index contributed by atoms with van der Waals surface area (Å²) in [6.07, 6.45) is 3.95. The molecule has 2 rings (SSSR count). The van der Waals surface area contributed by atoms with Crippen molar-refractivity contribution in [3.05, 3.63) is 11.6 Å². The Morgan fingerprint density at radius 3 is 2.27 bits per heavy atom. The van der Waals surface area contributed by atoms with Gasteiger partial charge in [-0.25, -0.2) is 0 Å². The molecule has 0 aromatic heterocycles. The summed E-state index contributed by atoms with van der Waals surface area (Å²) in [4.78, 5) is 0. The number of hydrogen-bond acceptors (Lipinski definition) is 4. The molecule has 0 amide bonds. The first-order valence-electron chi connectivity index (χ1n) is 9.99. The summed E-state index contributed by atoms with van der Waals surface area (Å²) in [5, 5.41) is 33.0. The second-order valence-electron chi connectivity index (χ2n) is 11.0. The quantitative estimate of drug-likeness (QED) is 0.508. The van der Waals surface area contributed by atoms with E-state index in [0.29, 0.717) is 5.57 Å². The maximum Gasteiger partial charge on any atom is 0.192 e. The van der Waals surface area contributed by atoms with Gasteiger partial charge >= 0.3 is 0 Å². The highest BCUT2D eigenvalue weighted by atomic mass is 28.4. The van der Waals surface area contributed by atoms with Crippen LogP contribution in [0, 0.1) is 16.7 Å². The summed E-state index contributed by atoms with van der Waals surface area (Å²) in [6.45, 7) is 17.2.